The van der Waals surface area contributed by atoms with Crippen molar-refractivity contribution in [3.63, 3.8) is 0 Å². The number of hydrogen-bond donors (Lipinski definition) is 2. The van der Waals surface area contributed by atoms with E-state index in [1.807, 2.05) is 19.1 Å². The standard InChI is InChI=1S/C17H27N3O/c1-3-18-17(21)11-14-6-8-16(9-7-14)19-12-15-5-4-10-20(2)13-15/h6-9,15,19H,3-5,10-13H2,1-2H3,(H,18,21). The number of likely N-dealkylation sites (N-methyl/N-ethyl adjacent to an activating group) is 1. The molecule has 1 aromatic carbocycles. The van der Waals surface area contributed by atoms with Crippen LogP contribution >= 0.6 is 0 Å². The molecule has 116 valence electrons. The van der Waals surface area contributed by atoms with Crippen molar-refractivity contribution in [2.45, 2.75) is 26.2 Å². The molecule has 1 saturated heterocycles. The molecule has 21 heavy (non-hydrogen) atoms. The van der Waals surface area contributed by atoms with E-state index in [1.54, 1.807) is 0 Å². The first kappa shape index (κ1) is 15.8. The number of nitrogens with one attached hydrogen (secondary N) is 2. The Morgan fingerprint density at radius 2 is 2.10 bits per heavy atom. The van der Waals surface area contributed by atoms with E-state index in [2.05, 4.69) is 34.7 Å². The number of anilines is 1. The first-order valence-corrected chi connectivity index (χ1v) is 7.95. The van der Waals surface area contributed by atoms with Crippen LogP contribution in [0.15, 0.2) is 24.3 Å². The molecular formula is C17H27N3O. The van der Waals surface area contributed by atoms with Gasteiger partial charge in [-0.25, -0.2) is 0 Å². The van der Waals surface area contributed by atoms with Gasteiger partial charge in [-0.1, -0.05) is 12.1 Å². The summed E-state index contributed by atoms with van der Waals surface area (Å²) in [6.07, 6.45) is 3.07. The summed E-state index contributed by atoms with van der Waals surface area (Å²) in [6.45, 7) is 6.06. The van der Waals surface area contributed by atoms with E-state index in [4.69, 9.17) is 0 Å². The van der Waals surface area contributed by atoms with Crippen molar-refractivity contribution in [1.82, 2.24) is 10.2 Å². The zero-order chi connectivity index (χ0) is 15.1. The van der Waals surface area contributed by atoms with Crippen LogP contribution in [0.5, 0.6) is 0 Å². The molecule has 1 amide bonds. The Bertz CT molecular complexity index is 444. The number of piperidine rings is 1. The Kier molecular flexibility index (Phi) is 6.05. The Labute approximate surface area is 127 Å². The summed E-state index contributed by atoms with van der Waals surface area (Å²) < 4.78 is 0. The minimum absolute atomic E-state index is 0.0865. The SMILES string of the molecule is CCNC(=O)Cc1ccc(NCC2CCCN(C)C2)cc1. The van der Waals surface area contributed by atoms with Crippen LogP contribution in [-0.2, 0) is 11.2 Å². The predicted molar refractivity (Wildman–Crippen MR) is 87.5 cm³/mol. The van der Waals surface area contributed by atoms with E-state index in [0.29, 0.717) is 13.0 Å². The molecule has 1 fully saturated rings. The summed E-state index contributed by atoms with van der Waals surface area (Å²) in [5.41, 5.74) is 2.20. The van der Waals surface area contributed by atoms with Crippen LogP contribution in [0.25, 0.3) is 0 Å². The van der Waals surface area contributed by atoms with Gasteiger partial charge in [0.25, 0.3) is 0 Å². The highest BCUT2D eigenvalue weighted by Crippen LogP contribution is 2.17. The summed E-state index contributed by atoms with van der Waals surface area (Å²) in [4.78, 5) is 13.9. The highest BCUT2D eigenvalue weighted by atomic mass is 16.1. The van der Waals surface area contributed by atoms with Gasteiger partial charge in [-0.15, -0.1) is 0 Å². The maximum Gasteiger partial charge on any atom is 0.224 e. The molecule has 2 rings (SSSR count). The molecule has 4 nitrogen and oxygen atoms in total. The Hall–Kier alpha value is -1.55. The van der Waals surface area contributed by atoms with Crippen molar-refractivity contribution < 1.29 is 4.79 Å². The highest BCUT2D eigenvalue weighted by molar-refractivity contribution is 5.78. The third-order valence-corrected chi connectivity index (χ3v) is 4.01. The maximum absolute atomic E-state index is 11.5. The van der Waals surface area contributed by atoms with E-state index in [9.17, 15) is 4.79 Å². The van der Waals surface area contributed by atoms with Crippen molar-refractivity contribution in [3.05, 3.63) is 29.8 Å². The van der Waals surface area contributed by atoms with Crippen LogP contribution in [0.4, 0.5) is 5.69 Å². The number of amides is 1. The molecule has 0 spiro atoms. The molecular weight excluding hydrogens is 262 g/mol. The fourth-order valence-corrected chi connectivity index (χ4v) is 2.89. The van der Waals surface area contributed by atoms with E-state index in [-0.39, 0.29) is 5.91 Å². The molecule has 1 heterocycles. The fourth-order valence-electron chi connectivity index (χ4n) is 2.89. The number of rotatable bonds is 6. The Morgan fingerprint density at radius 1 is 1.33 bits per heavy atom. The van der Waals surface area contributed by atoms with Crippen LogP contribution in [0.1, 0.15) is 25.3 Å². The minimum atomic E-state index is 0.0865. The van der Waals surface area contributed by atoms with Gasteiger partial charge < -0.3 is 15.5 Å². The van der Waals surface area contributed by atoms with Gasteiger partial charge in [0.05, 0.1) is 6.42 Å². The van der Waals surface area contributed by atoms with Gasteiger partial charge in [-0.3, -0.25) is 4.79 Å². The lowest BCUT2D eigenvalue weighted by Crippen LogP contribution is -2.35. The largest absolute Gasteiger partial charge is 0.385 e. The van der Waals surface area contributed by atoms with Crippen molar-refractivity contribution in [2.24, 2.45) is 5.92 Å². The number of benzene rings is 1. The lowest BCUT2D eigenvalue weighted by molar-refractivity contribution is -0.120. The van der Waals surface area contributed by atoms with Gasteiger partial charge in [-0.2, -0.15) is 0 Å². The third kappa shape index (κ3) is 5.38. The van der Waals surface area contributed by atoms with Gasteiger partial charge >= 0.3 is 0 Å². The summed E-state index contributed by atoms with van der Waals surface area (Å²) in [5.74, 6) is 0.821. The number of carbonyl (C=O) groups is 1. The lowest BCUT2D eigenvalue weighted by atomic mass is 9.98. The number of carbonyl (C=O) groups excluding carboxylic acids is 1. The second-order valence-electron chi connectivity index (χ2n) is 5.98. The molecule has 0 aromatic heterocycles. The Morgan fingerprint density at radius 3 is 2.76 bits per heavy atom. The van der Waals surface area contributed by atoms with Gasteiger partial charge in [0, 0.05) is 25.3 Å². The molecule has 2 N–H and O–H groups in total. The van der Waals surface area contributed by atoms with E-state index >= 15 is 0 Å². The van der Waals surface area contributed by atoms with Crippen molar-refractivity contribution in [3.8, 4) is 0 Å². The summed E-state index contributed by atoms with van der Waals surface area (Å²) in [6, 6.07) is 8.21. The smallest absolute Gasteiger partial charge is 0.224 e. The minimum Gasteiger partial charge on any atom is -0.385 e. The van der Waals surface area contributed by atoms with Gasteiger partial charge in [0.2, 0.25) is 5.91 Å². The van der Waals surface area contributed by atoms with E-state index < -0.39 is 0 Å². The molecule has 0 aliphatic carbocycles. The fraction of sp³-hybridized carbons (Fsp3) is 0.588. The molecule has 1 aromatic rings. The number of likely N-dealkylation sites (tertiary alicyclic amines) is 1. The topological polar surface area (TPSA) is 44.4 Å². The first-order valence-electron chi connectivity index (χ1n) is 7.95. The third-order valence-electron chi connectivity index (χ3n) is 4.01. The van der Waals surface area contributed by atoms with Crippen LogP contribution in [0.3, 0.4) is 0 Å². The average Bonchev–Trinajstić information content (AvgIpc) is 2.47. The average molecular weight is 289 g/mol. The summed E-state index contributed by atoms with van der Waals surface area (Å²) >= 11 is 0. The monoisotopic (exact) mass is 289 g/mol. The second kappa shape index (κ2) is 8.03. The van der Waals surface area contributed by atoms with E-state index in [1.165, 1.54) is 25.9 Å². The molecule has 1 unspecified atom stereocenters. The molecule has 1 aliphatic rings. The lowest BCUT2D eigenvalue weighted by Gasteiger charge is -2.30. The molecule has 4 heteroatoms. The summed E-state index contributed by atoms with van der Waals surface area (Å²) in [5, 5.41) is 6.34. The Balaban J connectivity index is 1.78. The van der Waals surface area contributed by atoms with Gasteiger partial charge in [0.1, 0.15) is 0 Å². The van der Waals surface area contributed by atoms with Crippen LogP contribution in [0.2, 0.25) is 0 Å². The zero-order valence-electron chi connectivity index (χ0n) is 13.2. The van der Waals surface area contributed by atoms with Crippen molar-refractivity contribution >= 4 is 11.6 Å². The normalized spacial score (nSPS) is 19.2. The first-order chi connectivity index (χ1) is 10.2. The second-order valence-corrected chi connectivity index (χ2v) is 5.98. The van der Waals surface area contributed by atoms with E-state index in [0.717, 1.165) is 23.7 Å². The molecule has 1 atom stereocenters. The maximum atomic E-state index is 11.5. The highest BCUT2D eigenvalue weighted by Gasteiger charge is 2.16. The molecule has 0 radical (unpaired) electrons. The summed E-state index contributed by atoms with van der Waals surface area (Å²) in [7, 11) is 2.20. The van der Waals surface area contributed by atoms with Crippen LogP contribution in [0, 0.1) is 5.92 Å². The quantitative estimate of drug-likeness (QED) is 0.843. The number of hydrogen-bond acceptors (Lipinski definition) is 3. The predicted octanol–water partition coefficient (Wildman–Crippen LogP) is 2.12. The van der Waals surface area contributed by atoms with Gasteiger partial charge in [0.15, 0.2) is 0 Å². The van der Waals surface area contributed by atoms with Crippen LogP contribution < -0.4 is 10.6 Å². The molecule has 0 bridgehead atoms. The van der Waals surface area contributed by atoms with Gasteiger partial charge in [-0.05, 0) is 57.0 Å². The van der Waals surface area contributed by atoms with Crippen LogP contribution in [-0.4, -0.2) is 44.0 Å². The molecule has 1 aliphatic heterocycles. The van der Waals surface area contributed by atoms with Crippen molar-refractivity contribution in [2.75, 3.05) is 38.5 Å². The zero-order valence-corrected chi connectivity index (χ0v) is 13.2. The van der Waals surface area contributed by atoms with Crippen molar-refractivity contribution in [1.29, 1.82) is 0 Å². The number of nitrogens with zero attached hydrogens (tertiary/aromatic N) is 1. The molecule has 0 saturated carbocycles.